The molecule has 1 aliphatic rings. The molecule has 86 valence electrons. The molecule has 1 N–H and O–H groups in total. The van der Waals surface area contributed by atoms with Gasteiger partial charge in [-0.2, -0.15) is 0 Å². The number of halogens is 3. The van der Waals surface area contributed by atoms with Gasteiger partial charge in [0.15, 0.2) is 0 Å². The summed E-state index contributed by atoms with van der Waals surface area (Å²) in [5.41, 5.74) is 1.65. The molecule has 1 amide bonds. The van der Waals surface area contributed by atoms with E-state index in [1.165, 1.54) is 0 Å². The van der Waals surface area contributed by atoms with Crippen molar-refractivity contribution >= 4 is 46.4 Å². The number of amides is 1. The molecule has 0 saturated heterocycles. The molecule has 0 bridgehead atoms. The fourth-order valence-corrected chi connectivity index (χ4v) is 2.13. The SMILES string of the molecule is Cc1ccc(Cl)cc1NC(=O)C1CC1(Cl)Cl. The van der Waals surface area contributed by atoms with Crippen LogP contribution in [0.15, 0.2) is 18.2 Å². The van der Waals surface area contributed by atoms with Gasteiger partial charge in [-0.1, -0.05) is 17.7 Å². The largest absolute Gasteiger partial charge is 0.325 e. The Morgan fingerprint density at radius 1 is 1.50 bits per heavy atom. The molecule has 2 rings (SSSR count). The van der Waals surface area contributed by atoms with E-state index in [-0.39, 0.29) is 11.8 Å². The zero-order chi connectivity index (χ0) is 11.9. The molecule has 1 aromatic carbocycles. The number of carbonyl (C=O) groups excluding carboxylic acids is 1. The van der Waals surface area contributed by atoms with Crippen LogP contribution < -0.4 is 5.32 Å². The lowest BCUT2D eigenvalue weighted by atomic mass is 10.2. The van der Waals surface area contributed by atoms with Crippen LogP contribution >= 0.6 is 34.8 Å². The van der Waals surface area contributed by atoms with Crippen LogP contribution in [-0.4, -0.2) is 10.2 Å². The second-order valence-corrected chi connectivity index (χ2v) is 5.95. The zero-order valence-electron chi connectivity index (χ0n) is 8.56. The van der Waals surface area contributed by atoms with Crippen molar-refractivity contribution < 1.29 is 4.79 Å². The number of benzene rings is 1. The summed E-state index contributed by atoms with van der Waals surface area (Å²) >= 11 is 17.5. The normalized spacial score (nSPS) is 21.6. The van der Waals surface area contributed by atoms with Gasteiger partial charge in [-0.3, -0.25) is 4.79 Å². The van der Waals surface area contributed by atoms with Gasteiger partial charge in [-0.15, -0.1) is 23.2 Å². The van der Waals surface area contributed by atoms with E-state index in [1.54, 1.807) is 12.1 Å². The van der Waals surface area contributed by atoms with Gasteiger partial charge in [0.05, 0.1) is 5.92 Å². The smallest absolute Gasteiger partial charge is 0.230 e. The van der Waals surface area contributed by atoms with Crippen LogP contribution in [0.4, 0.5) is 5.69 Å². The van der Waals surface area contributed by atoms with Crippen molar-refractivity contribution in [3.63, 3.8) is 0 Å². The number of hydrogen-bond acceptors (Lipinski definition) is 1. The van der Waals surface area contributed by atoms with E-state index in [0.717, 1.165) is 5.56 Å². The molecule has 16 heavy (non-hydrogen) atoms. The summed E-state index contributed by atoms with van der Waals surface area (Å²) in [7, 11) is 0. The van der Waals surface area contributed by atoms with Crippen LogP contribution in [0.3, 0.4) is 0 Å². The van der Waals surface area contributed by atoms with E-state index >= 15 is 0 Å². The molecule has 1 aromatic rings. The fourth-order valence-electron chi connectivity index (χ4n) is 1.45. The van der Waals surface area contributed by atoms with Gasteiger partial charge in [-0.05, 0) is 31.0 Å². The van der Waals surface area contributed by atoms with Crippen LogP contribution in [0.2, 0.25) is 5.02 Å². The number of rotatable bonds is 2. The first-order valence-corrected chi connectivity index (χ1v) is 5.98. The number of nitrogens with one attached hydrogen (secondary N) is 1. The summed E-state index contributed by atoms with van der Waals surface area (Å²) in [6, 6.07) is 5.33. The average molecular weight is 279 g/mol. The van der Waals surface area contributed by atoms with E-state index in [9.17, 15) is 4.79 Å². The molecule has 5 heteroatoms. The first-order valence-electron chi connectivity index (χ1n) is 4.85. The Morgan fingerprint density at radius 2 is 2.12 bits per heavy atom. The Bertz CT molecular complexity index is 445. The van der Waals surface area contributed by atoms with Crippen LogP contribution in [0.5, 0.6) is 0 Å². The third kappa shape index (κ3) is 2.45. The summed E-state index contributed by atoms with van der Waals surface area (Å²) < 4.78 is -0.892. The van der Waals surface area contributed by atoms with Crippen molar-refractivity contribution in [2.75, 3.05) is 5.32 Å². The molecule has 1 aliphatic carbocycles. The Kier molecular flexibility index (Phi) is 3.08. The zero-order valence-corrected chi connectivity index (χ0v) is 10.8. The molecule has 2 nitrogen and oxygen atoms in total. The van der Waals surface area contributed by atoms with Crippen molar-refractivity contribution in [1.29, 1.82) is 0 Å². The van der Waals surface area contributed by atoms with Gasteiger partial charge in [0.25, 0.3) is 0 Å². The van der Waals surface area contributed by atoms with Crippen molar-refractivity contribution in [2.24, 2.45) is 5.92 Å². The number of alkyl halides is 2. The molecule has 1 fully saturated rings. The Hall–Kier alpha value is -0.440. The Morgan fingerprint density at radius 3 is 2.69 bits per heavy atom. The number of anilines is 1. The van der Waals surface area contributed by atoms with Gasteiger partial charge < -0.3 is 5.32 Å². The van der Waals surface area contributed by atoms with E-state index in [1.807, 2.05) is 13.0 Å². The summed E-state index contributed by atoms with van der Waals surface area (Å²) in [5, 5.41) is 3.36. The van der Waals surface area contributed by atoms with Crippen LogP contribution in [0.25, 0.3) is 0 Å². The van der Waals surface area contributed by atoms with Gasteiger partial charge in [-0.25, -0.2) is 0 Å². The highest BCUT2D eigenvalue weighted by atomic mass is 35.5. The summed E-state index contributed by atoms with van der Waals surface area (Å²) in [6.45, 7) is 1.90. The molecule has 0 radical (unpaired) electrons. The van der Waals surface area contributed by atoms with Crippen LogP contribution in [-0.2, 0) is 4.79 Å². The lowest BCUT2D eigenvalue weighted by Gasteiger charge is -2.08. The molecular weight excluding hydrogens is 268 g/mol. The molecule has 0 heterocycles. The first kappa shape index (κ1) is 12.0. The van der Waals surface area contributed by atoms with Crippen molar-refractivity contribution in [2.45, 2.75) is 17.7 Å². The average Bonchev–Trinajstić information content (AvgIpc) is 2.82. The maximum absolute atomic E-state index is 11.7. The number of hydrogen-bond donors (Lipinski definition) is 1. The Labute approximate surface area is 109 Å². The standard InChI is InChI=1S/C11H10Cl3NO/c1-6-2-3-7(12)4-9(6)15-10(16)8-5-11(8,13)14/h2-4,8H,5H2,1H3,(H,15,16). The summed E-state index contributed by atoms with van der Waals surface area (Å²) in [6.07, 6.45) is 0.502. The Balaban J connectivity index is 2.10. The third-order valence-electron chi connectivity index (χ3n) is 2.60. The number of carbonyl (C=O) groups is 1. The quantitative estimate of drug-likeness (QED) is 0.820. The maximum atomic E-state index is 11.7. The monoisotopic (exact) mass is 277 g/mol. The minimum Gasteiger partial charge on any atom is -0.325 e. The van der Waals surface area contributed by atoms with Crippen molar-refractivity contribution in [3.8, 4) is 0 Å². The highest BCUT2D eigenvalue weighted by Gasteiger charge is 2.56. The van der Waals surface area contributed by atoms with Gasteiger partial charge >= 0.3 is 0 Å². The van der Waals surface area contributed by atoms with E-state index < -0.39 is 4.33 Å². The van der Waals surface area contributed by atoms with E-state index in [0.29, 0.717) is 17.1 Å². The first-order chi connectivity index (χ1) is 7.40. The molecule has 0 spiro atoms. The highest BCUT2D eigenvalue weighted by Crippen LogP contribution is 2.53. The summed E-state index contributed by atoms with van der Waals surface area (Å²) in [5.74, 6) is -0.482. The highest BCUT2D eigenvalue weighted by molar-refractivity contribution is 6.52. The predicted molar refractivity (Wildman–Crippen MR) is 67.4 cm³/mol. The van der Waals surface area contributed by atoms with Gasteiger partial charge in [0.2, 0.25) is 5.91 Å². The lowest BCUT2D eigenvalue weighted by molar-refractivity contribution is -0.117. The summed E-state index contributed by atoms with van der Waals surface area (Å²) in [4.78, 5) is 11.7. The topological polar surface area (TPSA) is 29.1 Å². The maximum Gasteiger partial charge on any atom is 0.230 e. The van der Waals surface area contributed by atoms with Crippen LogP contribution in [0.1, 0.15) is 12.0 Å². The molecule has 1 unspecified atom stereocenters. The van der Waals surface area contributed by atoms with Crippen LogP contribution in [0, 0.1) is 12.8 Å². The molecule has 1 atom stereocenters. The number of aryl methyl sites for hydroxylation is 1. The molecule has 0 aliphatic heterocycles. The van der Waals surface area contributed by atoms with E-state index in [2.05, 4.69) is 5.32 Å². The minimum atomic E-state index is -0.892. The molecule has 1 saturated carbocycles. The predicted octanol–water partition coefficient (Wildman–Crippen LogP) is 3.78. The lowest BCUT2D eigenvalue weighted by Crippen LogP contribution is -2.17. The molecule has 0 aromatic heterocycles. The molecular formula is C11H10Cl3NO. The van der Waals surface area contributed by atoms with E-state index in [4.69, 9.17) is 34.8 Å². The minimum absolute atomic E-state index is 0.157. The second kappa shape index (κ2) is 4.10. The third-order valence-corrected chi connectivity index (χ3v) is 3.67. The second-order valence-electron chi connectivity index (χ2n) is 3.97. The fraction of sp³-hybridized carbons (Fsp3) is 0.364. The van der Waals surface area contributed by atoms with Gasteiger partial charge in [0.1, 0.15) is 4.33 Å². The van der Waals surface area contributed by atoms with Gasteiger partial charge in [0, 0.05) is 10.7 Å². The van der Waals surface area contributed by atoms with Crippen molar-refractivity contribution in [1.82, 2.24) is 0 Å². The van der Waals surface area contributed by atoms with Crippen molar-refractivity contribution in [3.05, 3.63) is 28.8 Å².